The van der Waals surface area contributed by atoms with Crippen molar-refractivity contribution in [2.75, 3.05) is 13.2 Å². The minimum Gasteiger partial charge on any atom is -0.373 e. The molecule has 0 saturated heterocycles. The molecule has 0 rings (SSSR count). The Labute approximate surface area is 111 Å². The smallest absolute Gasteiger partial charge is 0.0649 e. The Morgan fingerprint density at radius 2 is 1.12 bits per heavy atom. The lowest BCUT2D eigenvalue weighted by atomic mass is 10.5. The summed E-state index contributed by atoms with van der Waals surface area (Å²) in [6.07, 6.45) is 3.42. The molecule has 0 heterocycles. The normalized spacial score (nSPS) is 10.7. The van der Waals surface area contributed by atoms with Crippen molar-refractivity contribution >= 4 is 8.80 Å². The third kappa shape index (κ3) is 11.9. The van der Waals surface area contributed by atoms with E-state index in [2.05, 4.69) is 54.7 Å². The van der Waals surface area contributed by atoms with Crippen molar-refractivity contribution in [3.8, 4) is 0 Å². The van der Waals surface area contributed by atoms with E-state index >= 15 is 0 Å². The molecule has 0 aromatic heterocycles. The lowest BCUT2D eigenvalue weighted by Crippen LogP contribution is -2.24. The van der Waals surface area contributed by atoms with Crippen molar-refractivity contribution in [1.29, 1.82) is 0 Å². The number of hydrogen-bond donors (Lipinski definition) is 0. The van der Waals surface area contributed by atoms with E-state index in [4.69, 9.17) is 4.74 Å². The van der Waals surface area contributed by atoms with Gasteiger partial charge in [-0.1, -0.05) is 70.3 Å². The van der Waals surface area contributed by atoms with Crippen LogP contribution < -0.4 is 0 Å². The van der Waals surface area contributed by atoms with Crippen LogP contribution in [0.1, 0.15) is 41.5 Å². The van der Waals surface area contributed by atoms with Gasteiger partial charge >= 0.3 is 0 Å². The van der Waals surface area contributed by atoms with Crippen LogP contribution in [0.25, 0.3) is 0 Å². The molecule has 0 saturated carbocycles. The number of hydrogen-bond acceptors (Lipinski definition) is 1. The second-order valence-electron chi connectivity index (χ2n) is 5.08. The number of rotatable bonds is 7. The Morgan fingerprint density at radius 1 is 0.824 bits per heavy atom. The Balaban J connectivity index is 0. The van der Waals surface area contributed by atoms with Crippen molar-refractivity contribution in [2.24, 2.45) is 0 Å². The Bertz CT molecular complexity index is 158. The highest BCUT2D eigenvalue weighted by molar-refractivity contribution is 6.63. The molecule has 0 aliphatic rings. The maximum Gasteiger partial charge on any atom is 0.0649 e. The summed E-state index contributed by atoms with van der Waals surface area (Å²) in [6, 6.07) is 0. The molecule has 0 unspecified atom stereocenters. The molecule has 0 atom stereocenters. The zero-order valence-electron chi connectivity index (χ0n) is 12.6. The molecular weight excluding hydrogens is 224 g/mol. The molecule has 101 valence electrons. The first kappa shape index (κ1) is 19.0. The minimum atomic E-state index is -0.0957. The van der Waals surface area contributed by atoms with Crippen LogP contribution in [0.4, 0.5) is 0 Å². The SMILES string of the molecule is C=CCOCC=C.CC(C)[Si](C(C)C)C(C)C. The molecule has 0 bridgehead atoms. The zero-order valence-corrected chi connectivity index (χ0v) is 13.6. The van der Waals surface area contributed by atoms with Gasteiger partial charge in [-0.25, -0.2) is 0 Å². The molecule has 0 spiro atoms. The second kappa shape index (κ2) is 12.1. The summed E-state index contributed by atoms with van der Waals surface area (Å²) in [5, 5.41) is 0. The van der Waals surface area contributed by atoms with Crippen LogP contribution in [0.3, 0.4) is 0 Å². The topological polar surface area (TPSA) is 9.23 Å². The summed E-state index contributed by atoms with van der Waals surface area (Å²) in [7, 11) is -0.0957. The highest BCUT2D eigenvalue weighted by Crippen LogP contribution is 2.28. The highest BCUT2D eigenvalue weighted by Gasteiger charge is 2.22. The first-order valence-electron chi connectivity index (χ1n) is 6.54. The van der Waals surface area contributed by atoms with Crippen LogP contribution in [-0.4, -0.2) is 22.0 Å². The van der Waals surface area contributed by atoms with Gasteiger partial charge in [0.2, 0.25) is 0 Å². The fourth-order valence-corrected chi connectivity index (χ4v) is 6.23. The van der Waals surface area contributed by atoms with Gasteiger partial charge in [-0.05, 0) is 0 Å². The Morgan fingerprint density at radius 3 is 1.24 bits per heavy atom. The summed E-state index contributed by atoms with van der Waals surface area (Å²) in [5.41, 5.74) is 2.81. The van der Waals surface area contributed by atoms with Crippen LogP contribution in [0, 0.1) is 0 Å². The van der Waals surface area contributed by atoms with E-state index < -0.39 is 0 Å². The Hall–Kier alpha value is -0.343. The lowest BCUT2D eigenvalue weighted by molar-refractivity contribution is 0.194. The van der Waals surface area contributed by atoms with Crippen LogP contribution in [0.15, 0.2) is 25.3 Å². The van der Waals surface area contributed by atoms with E-state index in [0.29, 0.717) is 13.2 Å². The van der Waals surface area contributed by atoms with Crippen molar-refractivity contribution in [3.63, 3.8) is 0 Å². The molecule has 17 heavy (non-hydrogen) atoms. The fourth-order valence-electron chi connectivity index (χ4n) is 2.23. The molecule has 0 N–H and O–H groups in total. The van der Waals surface area contributed by atoms with Gasteiger partial charge in [-0.15, -0.1) is 13.2 Å². The second-order valence-corrected chi connectivity index (χ2v) is 9.54. The molecule has 0 amide bonds. The molecule has 0 aromatic rings. The first-order valence-corrected chi connectivity index (χ1v) is 8.27. The first-order chi connectivity index (χ1) is 7.88. The third-order valence-electron chi connectivity index (χ3n) is 2.47. The van der Waals surface area contributed by atoms with Gasteiger partial charge < -0.3 is 4.74 Å². The monoisotopic (exact) mass is 255 g/mol. The number of ether oxygens (including phenoxy) is 1. The minimum absolute atomic E-state index is 0.0957. The summed E-state index contributed by atoms with van der Waals surface area (Å²) in [4.78, 5) is 0. The Kier molecular flexibility index (Phi) is 13.6. The van der Waals surface area contributed by atoms with E-state index in [-0.39, 0.29) is 8.80 Å². The van der Waals surface area contributed by atoms with Crippen molar-refractivity contribution in [3.05, 3.63) is 25.3 Å². The summed E-state index contributed by atoms with van der Waals surface area (Å²) in [5.74, 6) is 0. The quantitative estimate of drug-likeness (QED) is 0.350. The van der Waals surface area contributed by atoms with Gasteiger partial charge in [-0.2, -0.15) is 0 Å². The van der Waals surface area contributed by atoms with E-state index in [1.54, 1.807) is 12.2 Å². The van der Waals surface area contributed by atoms with E-state index in [1.165, 1.54) is 0 Å². The molecule has 0 aromatic carbocycles. The van der Waals surface area contributed by atoms with Crippen LogP contribution in [0.5, 0.6) is 0 Å². The largest absolute Gasteiger partial charge is 0.373 e. The van der Waals surface area contributed by atoms with E-state index in [9.17, 15) is 0 Å². The average molecular weight is 255 g/mol. The fraction of sp³-hybridized carbons (Fsp3) is 0.733. The average Bonchev–Trinajstić information content (AvgIpc) is 2.17. The van der Waals surface area contributed by atoms with E-state index in [1.807, 2.05) is 0 Å². The molecule has 1 radical (unpaired) electrons. The standard InChI is InChI=1S/C9H21Si.C6H10O/c1-7(2)10(8(3)4)9(5)6;1-3-5-7-6-4-2/h7-9H,1-6H3;3-4H,1-2,5-6H2. The van der Waals surface area contributed by atoms with Crippen molar-refractivity contribution < 1.29 is 4.74 Å². The van der Waals surface area contributed by atoms with Crippen LogP contribution in [0.2, 0.25) is 16.6 Å². The molecule has 0 aliphatic heterocycles. The van der Waals surface area contributed by atoms with Crippen LogP contribution in [-0.2, 0) is 4.74 Å². The van der Waals surface area contributed by atoms with Gasteiger partial charge in [0.1, 0.15) is 0 Å². The molecule has 2 heteroatoms. The maximum absolute atomic E-state index is 4.90. The van der Waals surface area contributed by atoms with Gasteiger partial charge in [0.15, 0.2) is 0 Å². The predicted molar refractivity (Wildman–Crippen MR) is 82.3 cm³/mol. The lowest BCUT2D eigenvalue weighted by Gasteiger charge is -2.26. The zero-order chi connectivity index (χ0) is 13.8. The van der Waals surface area contributed by atoms with Gasteiger partial charge in [-0.3, -0.25) is 0 Å². The maximum atomic E-state index is 4.90. The van der Waals surface area contributed by atoms with E-state index in [0.717, 1.165) is 16.6 Å². The van der Waals surface area contributed by atoms with Gasteiger partial charge in [0.05, 0.1) is 22.0 Å². The molecule has 0 aliphatic carbocycles. The molecular formula is C15H31OSi. The van der Waals surface area contributed by atoms with Gasteiger partial charge in [0.25, 0.3) is 0 Å². The summed E-state index contributed by atoms with van der Waals surface area (Å²) in [6.45, 7) is 22.4. The molecule has 0 fully saturated rings. The van der Waals surface area contributed by atoms with Crippen molar-refractivity contribution in [1.82, 2.24) is 0 Å². The van der Waals surface area contributed by atoms with Gasteiger partial charge in [0, 0.05) is 0 Å². The molecule has 1 nitrogen and oxygen atoms in total. The third-order valence-corrected chi connectivity index (χ3v) is 6.47. The summed E-state index contributed by atoms with van der Waals surface area (Å²) < 4.78 is 4.90. The highest BCUT2D eigenvalue weighted by atomic mass is 28.3. The summed E-state index contributed by atoms with van der Waals surface area (Å²) >= 11 is 0. The van der Waals surface area contributed by atoms with Crippen molar-refractivity contribution in [2.45, 2.75) is 58.2 Å². The predicted octanol–water partition coefficient (Wildman–Crippen LogP) is 5.09. The van der Waals surface area contributed by atoms with Crippen LogP contribution >= 0.6 is 0 Å².